The number of aryl methyl sites for hydroxylation is 2. The lowest BCUT2D eigenvalue weighted by molar-refractivity contribution is -0.115. The van der Waals surface area contributed by atoms with Crippen LogP contribution in [0.5, 0.6) is 0 Å². The summed E-state index contributed by atoms with van der Waals surface area (Å²) in [7, 11) is 0. The third-order valence-electron chi connectivity index (χ3n) is 5.50. The molecule has 164 valence electrons. The molecule has 1 N–H and O–H groups in total. The van der Waals surface area contributed by atoms with E-state index in [2.05, 4.69) is 53.3 Å². The van der Waals surface area contributed by atoms with Gasteiger partial charge in [-0.25, -0.2) is 9.50 Å². The van der Waals surface area contributed by atoms with Crippen LogP contribution in [-0.4, -0.2) is 25.5 Å². The second kappa shape index (κ2) is 8.36. The summed E-state index contributed by atoms with van der Waals surface area (Å²) >= 11 is 6.01. The number of benzene rings is 2. The number of carbonyl (C=O) groups excluding carboxylic acids is 1. The molecule has 7 heteroatoms. The van der Waals surface area contributed by atoms with Crippen molar-refractivity contribution in [1.29, 1.82) is 0 Å². The van der Waals surface area contributed by atoms with Gasteiger partial charge in [-0.15, -0.1) is 5.10 Å². The molecular formula is C25H26ClN5O. The van der Waals surface area contributed by atoms with Crippen molar-refractivity contribution in [1.82, 2.24) is 19.6 Å². The molecule has 2 heterocycles. The summed E-state index contributed by atoms with van der Waals surface area (Å²) in [5, 5.41) is 8.13. The Kier molecular flexibility index (Phi) is 5.73. The van der Waals surface area contributed by atoms with E-state index in [1.807, 2.05) is 26.0 Å². The highest BCUT2D eigenvalue weighted by atomic mass is 35.5. The first-order valence-corrected chi connectivity index (χ1v) is 10.9. The van der Waals surface area contributed by atoms with Crippen LogP contribution in [-0.2, 0) is 16.6 Å². The smallest absolute Gasteiger partial charge is 0.253 e. The van der Waals surface area contributed by atoms with E-state index in [1.165, 1.54) is 5.56 Å². The number of hydrogen-bond donors (Lipinski definition) is 1. The Bertz CT molecular complexity index is 1300. The molecule has 0 aliphatic rings. The Labute approximate surface area is 192 Å². The van der Waals surface area contributed by atoms with Gasteiger partial charge in [0.1, 0.15) is 0 Å². The molecule has 0 radical (unpaired) electrons. The minimum absolute atomic E-state index is 0.0840. The normalized spacial score (nSPS) is 11.7. The molecule has 0 saturated carbocycles. The van der Waals surface area contributed by atoms with E-state index in [9.17, 15) is 4.79 Å². The largest absolute Gasteiger partial charge is 0.326 e. The standard InChI is InChI=1S/C25H26ClN5O/c1-15-21(14-22(32)28-20-8-6-7-19(26)13-20)16(2)31-24(27-15)29-23(30-31)17-9-11-18(12-10-17)25(3,4)5/h6-13H,14H2,1-5H3,(H,28,32). The number of aromatic nitrogens is 4. The number of hydrogen-bond acceptors (Lipinski definition) is 4. The van der Waals surface area contributed by atoms with Crippen molar-refractivity contribution in [2.24, 2.45) is 0 Å². The first-order chi connectivity index (χ1) is 15.1. The molecule has 0 fully saturated rings. The van der Waals surface area contributed by atoms with Gasteiger partial charge in [-0.2, -0.15) is 4.98 Å². The topological polar surface area (TPSA) is 72.2 Å². The van der Waals surface area contributed by atoms with E-state index in [1.54, 1.807) is 28.8 Å². The average Bonchev–Trinajstić information content (AvgIpc) is 3.15. The van der Waals surface area contributed by atoms with Crippen molar-refractivity contribution in [3.8, 4) is 11.4 Å². The predicted octanol–water partition coefficient (Wildman–Crippen LogP) is 5.54. The van der Waals surface area contributed by atoms with E-state index in [0.29, 0.717) is 22.3 Å². The van der Waals surface area contributed by atoms with Crippen molar-refractivity contribution in [3.05, 3.63) is 76.1 Å². The highest BCUT2D eigenvalue weighted by molar-refractivity contribution is 6.30. The molecule has 32 heavy (non-hydrogen) atoms. The maximum Gasteiger partial charge on any atom is 0.253 e. The Morgan fingerprint density at radius 1 is 1.06 bits per heavy atom. The molecule has 0 atom stereocenters. The third kappa shape index (κ3) is 4.50. The van der Waals surface area contributed by atoms with Gasteiger partial charge >= 0.3 is 0 Å². The Morgan fingerprint density at radius 3 is 2.44 bits per heavy atom. The van der Waals surface area contributed by atoms with Crippen molar-refractivity contribution in [2.45, 2.75) is 46.5 Å². The van der Waals surface area contributed by atoms with Crippen LogP contribution >= 0.6 is 11.6 Å². The molecule has 0 saturated heterocycles. The van der Waals surface area contributed by atoms with Gasteiger partial charge < -0.3 is 5.32 Å². The van der Waals surface area contributed by atoms with Gasteiger partial charge in [0.05, 0.1) is 6.42 Å². The lowest BCUT2D eigenvalue weighted by Crippen LogP contribution is -2.17. The fraction of sp³-hybridized carbons (Fsp3) is 0.280. The Morgan fingerprint density at radius 2 is 1.78 bits per heavy atom. The fourth-order valence-electron chi connectivity index (χ4n) is 3.64. The van der Waals surface area contributed by atoms with Gasteiger partial charge in [-0.3, -0.25) is 4.79 Å². The van der Waals surface area contributed by atoms with Gasteiger partial charge in [0, 0.05) is 33.2 Å². The molecule has 0 unspecified atom stereocenters. The molecule has 4 rings (SSSR count). The Balaban J connectivity index is 1.62. The van der Waals surface area contributed by atoms with E-state index in [4.69, 9.17) is 11.6 Å². The van der Waals surface area contributed by atoms with E-state index >= 15 is 0 Å². The summed E-state index contributed by atoms with van der Waals surface area (Å²) in [6.07, 6.45) is 0.183. The van der Waals surface area contributed by atoms with Gasteiger partial charge in [0.2, 0.25) is 5.91 Å². The van der Waals surface area contributed by atoms with Crippen LogP contribution < -0.4 is 5.32 Å². The highest BCUT2D eigenvalue weighted by Crippen LogP contribution is 2.25. The summed E-state index contributed by atoms with van der Waals surface area (Å²) in [6.45, 7) is 10.4. The molecule has 0 bridgehead atoms. The molecule has 0 aliphatic heterocycles. The lowest BCUT2D eigenvalue weighted by atomic mass is 9.87. The van der Waals surface area contributed by atoms with Crippen molar-refractivity contribution in [3.63, 3.8) is 0 Å². The van der Waals surface area contributed by atoms with Crippen LogP contribution in [0.3, 0.4) is 0 Å². The van der Waals surface area contributed by atoms with E-state index < -0.39 is 0 Å². The molecule has 4 aromatic rings. The monoisotopic (exact) mass is 447 g/mol. The number of nitrogens with zero attached hydrogens (tertiary/aromatic N) is 4. The first-order valence-electron chi connectivity index (χ1n) is 10.5. The minimum atomic E-state index is -0.141. The number of halogens is 1. The quantitative estimate of drug-likeness (QED) is 0.445. The van der Waals surface area contributed by atoms with Crippen LogP contribution in [0.25, 0.3) is 17.2 Å². The van der Waals surface area contributed by atoms with Crippen LogP contribution in [0.2, 0.25) is 5.02 Å². The van der Waals surface area contributed by atoms with Gasteiger partial charge in [-0.05, 0) is 43.0 Å². The summed E-state index contributed by atoms with van der Waals surface area (Å²) in [5.74, 6) is 0.993. The van der Waals surface area contributed by atoms with Crippen molar-refractivity contribution < 1.29 is 4.79 Å². The second-order valence-corrected chi connectivity index (χ2v) is 9.41. The number of rotatable bonds is 4. The number of amides is 1. The third-order valence-corrected chi connectivity index (χ3v) is 5.74. The molecule has 0 spiro atoms. The number of carbonyl (C=O) groups is 1. The fourth-order valence-corrected chi connectivity index (χ4v) is 3.83. The zero-order valence-electron chi connectivity index (χ0n) is 18.9. The van der Waals surface area contributed by atoms with E-state index in [-0.39, 0.29) is 17.7 Å². The van der Waals surface area contributed by atoms with Crippen LogP contribution in [0, 0.1) is 13.8 Å². The second-order valence-electron chi connectivity index (χ2n) is 8.97. The number of fused-ring (bicyclic) bond motifs is 1. The summed E-state index contributed by atoms with van der Waals surface area (Å²) in [4.78, 5) is 21.9. The molecule has 6 nitrogen and oxygen atoms in total. The molecule has 0 aliphatic carbocycles. The number of anilines is 1. The maximum absolute atomic E-state index is 12.6. The van der Waals surface area contributed by atoms with Gasteiger partial charge in [0.15, 0.2) is 5.82 Å². The van der Waals surface area contributed by atoms with Crippen molar-refractivity contribution in [2.75, 3.05) is 5.32 Å². The zero-order chi connectivity index (χ0) is 23.0. The summed E-state index contributed by atoms with van der Waals surface area (Å²) in [5.41, 5.74) is 5.37. The molecule has 2 aromatic carbocycles. The molecule has 1 amide bonds. The van der Waals surface area contributed by atoms with Crippen LogP contribution in [0.4, 0.5) is 5.69 Å². The van der Waals surface area contributed by atoms with Crippen LogP contribution in [0.15, 0.2) is 48.5 Å². The Hall–Kier alpha value is -3.25. The predicted molar refractivity (Wildman–Crippen MR) is 128 cm³/mol. The highest BCUT2D eigenvalue weighted by Gasteiger charge is 2.18. The summed E-state index contributed by atoms with van der Waals surface area (Å²) in [6, 6.07) is 15.4. The van der Waals surface area contributed by atoms with Crippen molar-refractivity contribution >= 4 is 29.0 Å². The lowest BCUT2D eigenvalue weighted by Gasteiger charge is -2.18. The van der Waals surface area contributed by atoms with E-state index in [0.717, 1.165) is 22.5 Å². The zero-order valence-corrected chi connectivity index (χ0v) is 19.7. The molecule has 2 aromatic heterocycles. The SMILES string of the molecule is Cc1nc2nc(-c3ccc(C(C)(C)C)cc3)nn2c(C)c1CC(=O)Nc1cccc(Cl)c1. The van der Waals surface area contributed by atoms with Gasteiger partial charge in [-0.1, -0.05) is 62.7 Å². The average molecular weight is 448 g/mol. The number of nitrogens with one attached hydrogen (secondary N) is 1. The minimum Gasteiger partial charge on any atom is -0.326 e. The van der Waals surface area contributed by atoms with Crippen LogP contribution in [0.1, 0.15) is 43.3 Å². The maximum atomic E-state index is 12.6. The summed E-state index contributed by atoms with van der Waals surface area (Å²) < 4.78 is 1.71. The first kappa shape index (κ1) is 22.0. The van der Waals surface area contributed by atoms with Gasteiger partial charge in [0.25, 0.3) is 5.78 Å². The molecular weight excluding hydrogens is 422 g/mol.